The highest BCUT2D eigenvalue weighted by atomic mass is 35.5. The highest BCUT2D eigenvalue weighted by Gasteiger charge is 2.20. The fraction of sp³-hybridized carbons (Fsp3) is 0.125. The van der Waals surface area contributed by atoms with E-state index in [0.717, 1.165) is 11.6 Å². The van der Waals surface area contributed by atoms with Gasteiger partial charge in [-0.05, 0) is 11.6 Å². The molecule has 0 heterocycles. The number of nitrogens with zero attached hydrogens (tertiary/aromatic N) is 1. The van der Waals surface area contributed by atoms with Crippen LogP contribution in [0.5, 0.6) is 11.5 Å². The molecular formula is C16H14ClNO4. The van der Waals surface area contributed by atoms with Gasteiger partial charge in [0.2, 0.25) is 0 Å². The largest absolute Gasteiger partial charge is 0.507 e. The fourth-order valence-electron chi connectivity index (χ4n) is 2.01. The molecule has 0 spiro atoms. The Morgan fingerprint density at radius 2 is 1.82 bits per heavy atom. The molecule has 0 aliphatic carbocycles. The molecule has 5 nitrogen and oxygen atoms in total. The first-order chi connectivity index (χ1) is 10.5. The summed E-state index contributed by atoms with van der Waals surface area (Å²) in [6, 6.07) is 11.3. The van der Waals surface area contributed by atoms with Crippen molar-refractivity contribution in [2.24, 2.45) is 0 Å². The van der Waals surface area contributed by atoms with Crippen LogP contribution in [0.4, 0.5) is 0 Å². The lowest BCUT2D eigenvalue weighted by molar-refractivity contribution is -0.108. The van der Waals surface area contributed by atoms with Crippen molar-refractivity contribution in [1.82, 2.24) is 4.90 Å². The Morgan fingerprint density at radius 1 is 1.14 bits per heavy atom. The minimum atomic E-state index is -0.546. The predicted octanol–water partition coefficient (Wildman–Crippen LogP) is 2.59. The smallest absolute Gasteiger partial charge is 0.258 e. The van der Waals surface area contributed by atoms with Crippen molar-refractivity contribution in [2.45, 2.75) is 6.54 Å². The molecule has 0 aliphatic heterocycles. The number of rotatable bonds is 5. The lowest BCUT2D eigenvalue weighted by Gasteiger charge is -2.21. The van der Waals surface area contributed by atoms with E-state index >= 15 is 0 Å². The van der Waals surface area contributed by atoms with Gasteiger partial charge in [-0.2, -0.15) is 0 Å². The van der Waals surface area contributed by atoms with Gasteiger partial charge in [-0.1, -0.05) is 41.9 Å². The molecule has 114 valence electrons. The van der Waals surface area contributed by atoms with E-state index in [0.29, 0.717) is 6.29 Å². The van der Waals surface area contributed by atoms with Crippen LogP contribution in [0.1, 0.15) is 15.9 Å². The van der Waals surface area contributed by atoms with E-state index in [1.165, 1.54) is 11.0 Å². The molecule has 0 unspecified atom stereocenters. The molecule has 6 heteroatoms. The summed E-state index contributed by atoms with van der Waals surface area (Å²) in [5.74, 6) is -1.26. The molecule has 2 aromatic carbocycles. The van der Waals surface area contributed by atoms with Gasteiger partial charge in [0.1, 0.15) is 17.8 Å². The number of aldehydes is 1. The fourth-order valence-corrected chi connectivity index (χ4v) is 2.17. The average Bonchev–Trinajstić information content (AvgIpc) is 2.51. The summed E-state index contributed by atoms with van der Waals surface area (Å²) in [5, 5.41) is 19.2. The van der Waals surface area contributed by atoms with Crippen molar-refractivity contribution in [1.29, 1.82) is 0 Å². The third kappa shape index (κ3) is 3.56. The van der Waals surface area contributed by atoms with Gasteiger partial charge < -0.3 is 19.9 Å². The Labute approximate surface area is 132 Å². The van der Waals surface area contributed by atoms with E-state index in [2.05, 4.69) is 0 Å². The van der Waals surface area contributed by atoms with Gasteiger partial charge in [-0.15, -0.1) is 0 Å². The first-order valence-electron chi connectivity index (χ1n) is 6.51. The second-order valence-corrected chi connectivity index (χ2v) is 5.07. The van der Waals surface area contributed by atoms with Crippen LogP contribution in [-0.4, -0.2) is 33.9 Å². The average molecular weight is 320 g/mol. The molecule has 2 aromatic rings. The number of aromatic hydroxyl groups is 2. The van der Waals surface area contributed by atoms with Crippen LogP contribution in [0.25, 0.3) is 0 Å². The summed E-state index contributed by atoms with van der Waals surface area (Å²) in [6.07, 6.45) is 0.611. The minimum absolute atomic E-state index is 0.0492. The van der Waals surface area contributed by atoms with E-state index in [4.69, 9.17) is 11.6 Å². The van der Waals surface area contributed by atoms with Crippen LogP contribution < -0.4 is 0 Å². The van der Waals surface area contributed by atoms with Crippen molar-refractivity contribution in [3.05, 3.63) is 58.6 Å². The monoisotopic (exact) mass is 319 g/mol. The second kappa shape index (κ2) is 6.95. The maximum Gasteiger partial charge on any atom is 0.258 e. The summed E-state index contributed by atoms with van der Waals surface area (Å²) in [5.41, 5.74) is 0.780. The summed E-state index contributed by atoms with van der Waals surface area (Å²) in [7, 11) is 0. The zero-order valence-electron chi connectivity index (χ0n) is 11.6. The van der Waals surface area contributed by atoms with Gasteiger partial charge in [0.15, 0.2) is 0 Å². The quantitative estimate of drug-likeness (QED) is 0.830. The molecule has 0 atom stereocenters. The van der Waals surface area contributed by atoms with E-state index in [1.807, 2.05) is 30.3 Å². The highest BCUT2D eigenvalue weighted by molar-refractivity contribution is 6.32. The van der Waals surface area contributed by atoms with Crippen LogP contribution >= 0.6 is 11.6 Å². The van der Waals surface area contributed by atoms with Crippen LogP contribution in [-0.2, 0) is 11.3 Å². The number of hydrogen-bond acceptors (Lipinski definition) is 4. The molecule has 1 amide bonds. The van der Waals surface area contributed by atoms with Crippen molar-refractivity contribution in [3.8, 4) is 11.5 Å². The number of halogens is 1. The molecule has 0 radical (unpaired) electrons. The molecule has 2 rings (SSSR count). The standard InChI is InChI=1S/C16H14ClNO4/c17-13-8-12(14(20)9-15(13)21)16(22)18(6-7-19)10-11-4-2-1-3-5-11/h1-5,7-9,20-21H,6,10H2. The normalized spacial score (nSPS) is 10.2. The maximum atomic E-state index is 12.5. The predicted molar refractivity (Wildman–Crippen MR) is 82.0 cm³/mol. The summed E-state index contributed by atoms with van der Waals surface area (Å²) in [4.78, 5) is 24.6. The second-order valence-electron chi connectivity index (χ2n) is 4.66. The lowest BCUT2D eigenvalue weighted by atomic mass is 10.1. The molecule has 0 aliphatic rings. The van der Waals surface area contributed by atoms with E-state index in [-0.39, 0.29) is 29.4 Å². The van der Waals surface area contributed by atoms with Crippen LogP contribution in [0.15, 0.2) is 42.5 Å². The van der Waals surface area contributed by atoms with Crippen molar-refractivity contribution in [2.75, 3.05) is 6.54 Å². The lowest BCUT2D eigenvalue weighted by Crippen LogP contribution is -2.32. The highest BCUT2D eigenvalue weighted by Crippen LogP contribution is 2.31. The zero-order chi connectivity index (χ0) is 16.1. The van der Waals surface area contributed by atoms with Gasteiger partial charge in [-0.3, -0.25) is 4.79 Å². The van der Waals surface area contributed by atoms with Gasteiger partial charge in [0.05, 0.1) is 17.1 Å². The molecule has 0 bridgehead atoms. The Hall–Kier alpha value is -2.53. The Balaban J connectivity index is 2.30. The summed E-state index contributed by atoms with van der Waals surface area (Å²) in [6.45, 7) is 0.0992. The van der Waals surface area contributed by atoms with Crippen LogP contribution in [0.3, 0.4) is 0 Å². The molecule has 0 fully saturated rings. The van der Waals surface area contributed by atoms with Gasteiger partial charge in [0, 0.05) is 12.6 Å². The number of carbonyl (C=O) groups excluding carboxylic acids is 2. The number of benzene rings is 2. The molecule has 0 aromatic heterocycles. The molecule has 2 N–H and O–H groups in total. The first-order valence-corrected chi connectivity index (χ1v) is 6.89. The Kier molecular flexibility index (Phi) is 5.01. The molecular weight excluding hydrogens is 306 g/mol. The molecule has 0 saturated carbocycles. The summed E-state index contributed by atoms with van der Waals surface area (Å²) < 4.78 is 0. The minimum Gasteiger partial charge on any atom is -0.507 e. The topological polar surface area (TPSA) is 77.8 Å². The SMILES string of the molecule is O=CCN(Cc1ccccc1)C(=O)c1cc(Cl)c(O)cc1O. The Bertz CT molecular complexity index is 688. The number of carbonyl (C=O) groups is 2. The summed E-state index contributed by atoms with van der Waals surface area (Å²) >= 11 is 5.77. The number of amides is 1. The third-order valence-electron chi connectivity index (χ3n) is 3.09. The van der Waals surface area contributed by atoms with Crippen molar-refractivity contribution >= 4 is 23.8 Å². The van der Waals surface area contributed by atoms with Crippen molar-refractivity contribution < 1.29 is 19.8 Å². The maximum absolute atomic E-state index is 12.5. The molecule has 22 heavy (non-hydrogen) atoms. The number of phenols is 2. The number of hydrogen-bond donors (Lipinski definition) is 2. The van der Waals surface area contributed by atoms with Gasteiger partial charge >= 0.3 is 0 Å². The van der Waals surface area contributed by atoms with E-state index < -0.39 is 11.7 Å². The van der Waals surface area contributed by atoms with E-state index in [1.54, 1.807) is 0 Å². The van der Waals surface area contributed by atoms with Gasteiger partial charge in [0.25, 0.3) is 5.91 Å². The van der Waals surface area contributed by atoms with Crippen LogP contribution in [0, 0.1) is 0 Å². The molecule has 0 saturated heterocycles. The zero-order valence-corrected chi connectivity index (χ0v) is 12.3. The van der Waals surface area contributed by atoms with Crippen LogP contribution in [0.2, 0.25) is 5.02 Å². The van der Waals surface area contributed by atoms with Crippen molar-refractivity contribution in [3.63, 3.8) is 0 Å². The van der Waals surface area contributed by atoms with E-state index in [9.17, 15) is 19.8 Å². The Morgan fingerprint density at radius 3 is 2.45 bits per heavy atom. The van der Waals surface area contributed by atoms with Gasteiger partial charge in [-0.25, -0.2) is 0 Å². The first kappa shape index (κ1) is 15.9. The third-order valence-corrected chi connectivity index (χ3v) is 3.40. The number of phenolic OH excluding ortho intramolecular Hbond substituents is 2.